The fourth-order valence-corrected chi connectivity index (χ4v) is 0.735. The lowest BCUT2D eigenvalue weighted by molar-refractivity contribution is 0.627. The van der Waals surface area contributed by atoms with Gasteiger partial charge >= 0.3 is 0 Å². The third kappa shape index (κ3) is 4.61. The van der Waals surface area contributed by atoms with Crippen LogP contribution in [0.5, 0.6) is 0 Å². The van der Waals surface area contributed by atoms with Crippen LogP contribution >= 0.6 is 20.9 Å². The lowest BCUT2D eigenvalue weighted by Gasteiger charge is -1.70. The Hall–Kier alpha value is 0.610. The first-order chi connectivity index (χ1) is 2.77. The van der Waals surface area contributed by atoms with Gasteiger partial charge in [-0.05, 0) is 0 Å². The molecule has 0 heterocycles. The Labute approximate surface area is 44.1 Å². The van der Waals surface area contributed by atoms with Crippen LogP contribution in [0.25, 0.3) is 0 Å². The van der Waals surface area contributed by atoms with Crippen LogP contribution in [0.4, 0.5) is 0 Å². The van der Waals surface area contributed by atoms with Crippen LogP contribution < -0.4 is 0 Å². The molecule has 3 nitrogen and oxygen atoms in total. The molecule has 0 aliphatic heterocycles. The summed E-state index contributed by atoms with van der Waals surface area (Å²) in [5, 5.41) is 0. The van der Waals surface area contributed by atoms with Crippen LogP contribution in [0.15, 0.2) is 0 Å². The highest BCUT2D eigenvalue weighted by atomic mass is 33.5. The summed E-state index contributed by atoms with van der Waals surface area (Å²) < 4.78 is 26.6. The van der Waals surface area contributed by atoms with Crippen LogP contribution in [-0.4, -0.2) is 13.0 Å². The van der Waals surface area contributed by atoms with E-state index in [1.165, 1.54) is 0 Å². The average molecular weight is 146 g/mol. The summed E-state index contributed by atoms with van der Waals surface area (Å²) in [4.78, 5) is 0. The molecule has 0 aliphatic carbocycles. The van der Waals surface area contributed by atoms with E-state index in [-0.39, 0.29) is 11.1 Å². The molecule has 0 spiro atoms. The number of rotatable bonds is 2. The number of hydrogen-bond acceptors (Lipinski definition) is 5. The van der Waals surface area contributed by atoms with Gasteiger partial charge in [-0.1, -0.05) is 0 Å². The molecule has 0 saturated carbocycles. The molecule has 0 rings (SSSR count). The van der Waals surface area contributed by atoms with E-state index in [9.17, 15) is 8.42 Å². The standard InChI is InChI=1S/H2O3S3/c1-4-5-6(2)3/h1,6H. The molecule has 38 valence electrons. The van der Waals surface area contributed by atoms with Crippen molar-refractivity contribution in [1.29, 1.82) is 0 Å². The van der Waals surface area contributed by atoms with E-state index in [2.05, 4.69) is 0 Å². The van der Waals surface area contributed by atoms with Crippen molar-refractivity contribution in [3.05, 3.63) is 0 Å². The summed E-state index contributed by atoms with van der Waals surface area (Å²) in [7, 11) is -2.06. The van der Waals surface area contributed by atoms with Crippen molar-refractivity contribution in [2.45, 2.75) is 0 Å². The lowest BCUT2D eigenvalue weighted by Crippen LogP contribution is -1.53. The predicted molar refractivity (Wildman–Crippen MR) is 28.1 cm³/mol. The zero-order valence-corrected chi connectivity index (χ0v) is 5.05. The molecule has 6 heteroatoms. The van der Waals surface area contributed by atoms with Gasteiger partial charge < -0.3 is 4.55 Å². The summed E-state index contributed by atoms with van der Waals surface area (Å²) in [6.45, 7) is 0. The summed E-state index contributed by atoms with van der Waals surface area (Å²) in [6, 6.07) is 0. The van der Waals surface area contributed by atoms with Crippen LogP contribution in [0, 0.1) is 0 Å². The first kappa shape index (κ1) is 6.61. The van der Waals surface area contributed by atoms with Gasteiger partial charge in [-0.2, -0.15) is 0 Å². The second-order valence-corrected chi connectivity index (χ2v) is 4.25. The van der Waals surface area contributed by atoms with Crippen molar-refractivity contribution >= 4 is 30.6 Å². The third-order valence-corrected chi connectivity index (χ3v) is 2.54. The van der Waals surface area contributed by atoms with E-state index in [1.807, 2.05) is 0 Å². The van der Waals surface area contributed by atoms with Gasteiger partial charge in [0.1, 0.15) is 0 Å². The van der Waals surface area contributed by atoms with Gasteiger partial charge in [0.2, 0.25) is 9.74 Å². The fraction of sp³-hybridized carbons (Fsp3) is 0. The number of hydrogen-bond donors (Lipinski definition) is 2. The molecule has 1 N–H and O–H groups in total. The highest BCUT2D eigenvalue weighted by molar-refractivity contribution is 9.02. The molecule has 0 saturated heterocycles. The molecule has 0 fully saturated rings. The van der Waals surface area contributed by atoms with E-state index < -0.39 is 9.74 Å². The summed E-state index contributed by atoms with van der Waals surface area (Å²) in [5.74, 6) is 0. The lowest BCUT2D eigenvalue weighted by atomic mass is 15.9. The second-order valence-electron chi connectivity index (χ2n) is 0.373. The smallest absolute Gasteiger partial charge is 0.203 e. The highest BCUT2D eigenvalue weighted by Crippen LogP contribution is 2.15. The van der Waals surface area contributed by atoms with Gasteiger partial charge in [-0.3, -0.25) is 0 Å². The minimum Gasteiger partial charge on any atom is -0.320 e. The maximum Gasteiger partial charge on any atom is 0.203 e. The molecule has 0 aromatic rings. The quantitative estimate of drug-likeness (QED) is 0.335. The molecule has 0 aliphatic rings. The number of thiol groups is 1. The van der Waals surface area contributed by atoms with E-state index in [0.29, 0.717) is 9.83 Å². The Kier molecular flexibility index (Phi) is 4.17. The largest absolute Gasteiger partial charge is 0.320 e. The first-order valence-electron chi connectivity index (χ1n) is 0.897. The zero-order chi connectivity index (χ0) is 4.99. The molecule has 0 aromatic heterocycles. The predicted octanol–water partition coefficient (Wildman–Crippen LogP) is 0.367. The zero-order valence-electron chi connectivity index (χ0n) is 2.53. The molecular formula is H2O3S3. The van der Waals surface area contributed by atoms with Crippen molar-refractivity contribution in [2.24, 2.45) is 0 Å². The molecule has 0 bridgehead atoms. The summed E-state index contributed by atoms with van der Waals surface area (Å²) in [5.41, 5.74) is 0. The Morgan fingerprint density at radius 3 is 2.00 bits per heavy atom. The molecular weight excluding hydrogens is 144 g/mol. The topological polar surface area (TPSA) is 54.4 Å². The van der Waals surface area contributed by atoms with Crippen molar-refractivity contribution in [3.8, 4) is 0 Å². The molecule has 0 aromatic carbocycles. The maximum absolute atomic E-state index is 9.42. The van der Waals surface area contributed by atoms with Crippen LogP contribution in [0.2, 0.25) is 0 Å². The molecule has 0 amide bonds. The molecule has 0 unspecified atom stereocenters. The highest BCUT2D eigenvalue weighted by Gasteiger charge is 1.79. The molecule has 0 atom stereocenters. The van der Waals surface area contributed by atoms with Gasteiger partial charge in [0, 0.05) is 0 Å². The van der Waals surface area contributed by atoms with Crippen LogP contribution in [0.3, 0.4) is 0 Å². The molecule has 0 radical (unpaired) electrons. The van der Waals surface area contributed by atoms with Gasteiger partial charge in [0.05, 0.1) is 20.9 Å². The maximum atomic E-state index is 9.42. The van der Waals surface area contributed by atoms with Crippen molar-refractivity contribution in [3.63, 3.8) is 0 Å². The Balaban J connectivity index is 3.07. The van der Waals surface area contributed by atoms with Gasteiger partial charge in [0.15, 0.2) is 0 Å². The minimum absolute atomic E-state index is 0.230. The van der Waals surface area contributed by atoms with Crippen LogP contribution in [0.1, 0.15) is 0 Å². The van der Waals surface area contributed by atoms with Crippen molar-refractivity contribution < 1.29 is 13.0 Å². The average Bonchev–Trinajstić information content (AvgIpc) is 1.35. The monoisotopic (exact) mass is 146 g/mol. The Morgan fingerprint density at radius 2 is 2.00 bits per heavy atom. The normalized spacial score (nSPS) is 9.67. The van der Waals surface area contributed by atoms with Gasteiger partial charge in [-0.25, -0.2) is 8.42 Å². The fourth-order valence-electron chi connectivity index (χ4n) is 0.0272. The summed E-state index contributed by atoms with van der Waals surface area (Å²) in [6.07, 6.45) is 0. The summed E-state index contributed by atoms with van der Waals surface area (Å²) >= 11 is 0.230. The third-order valence-electron chi connectivity index (χ3n) is 0.0942. The van der Waals surface area contributed by atoms with Crippen LogP contribution in [-0.2, 0) is 9.74 Å². The SMILES string of the molecule is O=[SH](=O)SSO. The van der Waals surface area contributed by atoms with Crippen molar-refractivity contribution in [1.82, 2.24) is 0 Å². The first-order valence-corrected chi connectivity index (χ1v) is 4.79. The van der Waals surface area contributed by atoms with E-state index in [0.717, 1.165) is 0 Å². The minimum atomic E-state index is -2.47. The van der Waals surface area contributed by atoms with E-state index in [4.69, 9.17) is 4.55 Å². The Morgan fingerprint density at radius 1 is 1.50 bits per heavy atom. The molecule has 6 heavy (non-hydrogen) atoms. The second kappa shape index (κ2) is 3.79. The van der Waals surface area contributed by atoms with Crippen molar-refractivity contribution in [2.75, 3.05) is 0 Å². The Bertz CT molecular complexity index is 74.0. The van der Waals surface area contributed by atoms with E-state index >= 15 is 0 Å². The van der Waals surface area contributed by atoms with Gasteiger partial charge in [-0.15, -0.1) is 0 Å². The van der Waals surface area contributed by atoms with E-state index in [1.54, 1.807) is 0 Å². The van der Waals surface area contributed by atoms with Gasteiger partial charge in [0.25, 0.3) is 0 Å².